The van der Waals surface area contributed by atoms with Gasteiger partial charge < -0.3 is 15.3 Å². The van der Waals surface area contributed by atoms with Gasteiger partial charge in [-0.05, 0) is 44.2 Å². The van der Waals surface area contributed by atoms with Gasteiger partial charge in [0, 0.05) is 24.7 Å². The van der Waals surface area contributed by atoms with E-state index < -0.39 is 11.9 Å². The fraction of sp³-hybridized carbons (Fsp3) is 0.526. The third-order valence-electron chi connectivity index (χ3n) is 5.44. The summed E-state index contributed by atoms with van der Waals surface area (Å²) in [6.07, 6.45) is 2.66. The Bertz CT molecular complexity index is 680. The summed E-state index contributed by atoms with van der Waals surface area (Å²) in [4.78, 5) is 37.7. The zero-order valence-corrected chi connectivity index (χ0v) is 14.4. The number of aryl methyl sites for hydroxylation is 1. The average molecular weight is 344 g/mol. The van der Waals surface area contributed by atoms with Crippen molar-refractivity contribution in [2.24, 2.45) is 11.8 Å². The second-order valence-corrected chi connectivity index (χ2v) is 7.02. The number of likely N-dealkylation sites (tertiary alicyclic amines) is 1. The van der Waals surface area contributed by atoms with Gasteiger partial charge in [0.05, 0.1) is 11.8 Å². The smallest absolute Gasteiger partial charge is 0.307 e. The van der Waals surface area contributed by atoms with Gasteiger partial charge in [-0.15, -0.1) is 0 Å². The molecule has 0 aromatic heterocycles. The van der Waals surface area contributed by atoms with Gasteiger partial charge in [-0.2, -0.15) is 0 Å². The number of carbonyl (C=O) groups excluding carboxylic acids is 2. The molecule has 2 fully saturated rings. The summed E-state index contributed by atoms with van der Waals surface area (Å²) < 4.78 is 0. The van der Waals surface area contributed by atoms with Crippen LogP contribution in [0.1, 0.15) is 41.6 Å². The number of hydrogen-bond acceptors (Lipinski definition) is 3. The molecular formula is C19H24N2O4. The molecule has 3 rings (SSSR count). The zero-order chi connectivity index (χ0) is 18.0. The minimum absolute atomic E-state index is 0.0395. The standard InChI is InChI=1S/C19H24N2O4/c1-12-4-2-3-5-14(12)17(22)20-13-8-10-21(11-9-13)18(23)15-6-7-16(15)19(24)25/h2-5,13,15-16H,6-11H2,1H3,(H,20,22)(H,24,25)/t15-,16+/m1/s1. The van der Waals surface area contributed by atoms with Crippen molar-refractivity contribution >= 4 is 17.8 Å². The molecule has 134 valence electrons. The summed E-state index contributed by atoms with van der Waals surface area (Å²) in [5.74, 6) is -1.87. The number of carboxylic acids is 1. The minimum atomic E-state index is -0.870. The average Bonchev–Trinajstić information content (AvgIpc) is 2.54. The van der Waals surface area contributed by atoms with Crippen molar-refractivity contribution in [2.75, 3.05) is 13.1 Å². The molecule has 2 atom stereocenters. The van der Waals surface area contributed by atoms with Crippen LogP contribution in [0.4, 0.5) is 0 Å². The van der Waals surface area contributed by atoms with E-state index in [-0.39, 0.29) is 23.8 Å². The molecule has 25 heavy (non-hydrogen) atoms. The molecule has 2 N–H and O–H groups in total. The number of hydrogen-bond donors (Lipinski definition) is 2. The summed E-state index contributed by atoms with van der Waals surface area (Å²) in [7, 11) is 0. The molecule has 1 saturated heterocycles. The summed E-state index contributed by atoms with van der Waals surface area (Å²) >= 11 is 0. The van der Waals surface area contributed by atoms with E-state index in [4.69, 9.17) is 5.11 Å². The first-order valence-corrected chi connectivity index (χ1v) is 8.85. The van der Waals surface area contributed by atoms with Crippen molar-refractivity contribution in [1.29, 1.82) is 0 Å². The highest BCUT2D eigenvalue weighted by atomic mass is 16.4. The van der Waals surface area contributed by atoms with Gasteiger partial charge in [0.15, 0.2) is 0 Å². The third kappa shape index (κ3) is 3.67. The zero-order valence-electron chi connectivity index (χ0n) is 14.4. The fourth-order valence-corrected chi connectivity index (χ4v) is 3.66. The van der Waals surface area contributed by atoms with E-state index in [1.807, 2.05) is 31.2 Å². The first-order valence-electron chi connectivity index (χ1n) is 8.85. The Morgan fingerprint density at radius 3 is 2.24 bits per heavy atom. The quantitative estimate of drug-likeness (QED) is 0.872. The predicted octanol–water partition coefficient (Wildman–Crippen LogP) is 1.83. The normalized spacial score (nSPS) is 23.6. The first kappa shape index (κ1) is 17.5. The number of carboxylic acid groups (broad SMARTS) is 1. The molecule has 1 aliphatic carbocycles. The predicted molar refractivity (Wildman–Crippen MR) is 92.1 cm³/mol. The van der Waals surface area contributed by atoms with Gasteiger partial charge in [0.25, 0.3) is 5.91 Å². The Kier molecular flexibility index (Phi) is 5.06. The van der Waals surface area contributed by atoms with E-state index in [2.05, 4.69) is 5.32 Å². The van der Waals surface area contributed by atoms with Crippen LogP contribution in [0.3, 0.4) is 0 Å². The molecular weight excluding hydrogens is 320 g/mol. The maximum absolute atomic E-state index is 12.5. The lowest BCUT2D eigenvalue weighted by molar-refractivity contribution is -0.157. The van der Waals surface area contributed by atoms with E-state index in [1.165, 1.54) is 0 Å². The van der Waals surface area contributed by atoms with E-state index in [9.17, 15) is 14.4 Å². The van der Waals surface area contributed by atoms with Crippen LogP contribution in [0.2, 0.25) is 0 Å². The van der Waals surface area contributed by atoms with E-state index in [1.54, 1.807) is 4.90 Å². The summed E-state index contributed by atoms with van der Waals surface area (Å²) in [5, 5.41) is 12.2. The highest BCUT2D eigenvalue weighted by Gasteiger charge is 2.43. The molecule has 1 aromatic rings. The molecule has 0 unspecified atom stereocenters. The molecule has 1 saturated carbocycles. The lowest BCUT2D eigenvalue weighted by Crippen LogP contribution is -2.51. The molecule has 2 aliphatic rings. The molecule has 1 aromatic carbocycles. The maximum atomic E-state index is 12.5. The van der Waals surface area contributed by atoms with Crippen molar-refractivity contribution in [2.45, 2.75) is 38.6 Å². The van der Waals surface area contributed by atoms with Crippen LogP contribution in [-0.4, -0.2) is 46.9 Å². The van der Waals surface area contributed by atoms with Crippen molar-refractivity contribution in [3.05, 3.63) is 35.4 Å². The topological polar surface area (TPSA) is 86.7 Å². The Morgan fingerprint density at radius 1 is 1.04 bits per heavy atom. The van der Waals surface area contributed by atoms with Gasteiger partial charge in [0.2, 0.25) is 5.91 Å². The number of amides is 2. The molecule has 0 spiro atoms. The van der Waals surface area contributed by atoms with Gasteiger partial charge >= 0.3 is 5.97 Å². The van der Waals surface area contributed by atoms with Gasteiger partial charge in [-0.25, -0.2) is 0 Å². The van der Waals surface area contributed by atoms with E-state index in [0.717, 1.165) is 5.56 Å². The summed E-state index contributed by atoms with van der Waals surface area (Å²) in [6, 6.07) is 7.52. The lowest BCUT2D eigenvalue weighted by atomic mass is 9.72. The van der Waals surface area contributed by atoms with Crippen LogP contribution < -0.4 is 5.32 Å². The molecule has 0 radical (unpaired) electrons. The van der Waals surface area contributed by atoms with Crippen LogP contribution in [-0.2, 0) is 9.59 Å². The molecule has 0 bridgehead atoms. The SMILES string of the molecule is Cc1ccccc1C(=O)NC1CCN(C(=O)[C@@H]2CC[C@@H]2C(=O)O)CC1. The number of benzene rings is 1. The van der Waals surface area contributed by atoms with Crippen LogP contribution in [0.25, 0.3) is 0 Å². The number of nitrogens with zero attached hydrogens (tertiary/aromatic N) is 1. The Hall–Kier alpha value is -2.37. The van der Waals surface area contributed by atoms with Gasteiger partial charge in [0.1, 0.15) is 0 Å². The van der Waals surface area contributed by atoms with Gasteiger partial charge in [-0.1, -0.05) is 18.2 Å². The molecule has 6 nitrogen and oxygen atoms in total. The molecule has 2 amide bonds. The highest BCUT2D eigenvalue weighted by Crippen LogP contribution is 2.36. The largest absolute Gasteiger partial charge is 0.481 e. The third-order valence-corrected chi connectivity index (χ3v) is 5.44. The molecule has 6 heteroatoms. The second kappa shape index (κ2) is 7.25. The Labute approximate surface area is 147 Å². The monoisotopic (exact) mass is 344 g/mol. The van der Waals surface area contributed by atoms with E-state index in [0.29, 0.717) is 44.3 Å². The van der Waals surface area contributed by atoms with Crippen LogP contribution in [0.5, 0.6) is 0 Å². The first-order chi connectivity index (χ1) is 12.0. The maximum Gasteiger partial charge on any atom is 0.307 e. The molecule has 1 aliphatic heterocycles. The Balaban J connectivity index is 1.50. The number of rotatable bonds is 4. The number of nitrogens with one attached hydrogen (secondary N) is 1. The summed E-state index contributed by atoms with van der Waals surface area (Å²) in [5.41, 5.74) is 1.62. The van der Waals surface area contributed by atoms with Crippen LogP contribution >= 0.6 is 0 Å². The van der Waals surface area contributed by atoms with E-state index >= 15 is 0 Å². The minimum Gasteiger partial charge on any atom is -0.481 e. The number of aliphatic carboxylic acids is 1. The number of carbonyl (C=O) groups is 3. The van der Waals surface area contributed by atoms with Crippen molar-refractivity contribution in [3.63, 3.8) is 0 Å². The van der Waals surface area contributed by atoms with Crippen molar-refractivity contribution in [3.8, 4) is 0 Å². The van der Waals surface area contributed by atoms with Crippen LogP contribution in [0.15, 0.2) is 24.3 Å². The summed E-state index contributed by atoms with van der Waals surface area (Å²) in [6.45, 7) is 3.05. The highest BCUT2D eigenvalue weighted by molar-refractivity contribution is 5.95. The molecule has 1 heterocycles. The lowest BCUT2D eigenvalue weighted by Gasteiger charge is -2.39. The number of piperidine rings is 1. The van der Waals surface area contributed by atoms with Crippen molar-refractivity contribution < 1.29 is 19.5 Å². The van der Waals surface area contributed by atoms with Crippen molar-refractivity contribution in [1.82, 2.24) is 10.2 Å². The van der Waals surface area contributed by atoms with Crippen LogP contribution in [0, 0.1) is 18.8 Å². The second-order valence-electron chi connectivity index (χ2n) is 7.02. The fourth-order valence-electron chi connectivity index (χ4n) is 3.66. The van der Waals surface area contributed by atoms with Gasteiger partial charge in [-0.3, -0.25) is 14.4 Å². The Morgan fingerprint density at radius 2 is 1.68 bits per heavy atom.